The number of amides is 1. The van der Waals surface area contributed by atoms with Gasteiger partial charge in [0.2, 0.25) is 0 Å². The largest absolute Gasteiger partial charge is 0.465 e. The fraction of sp³-hybridized carbons (Fsp3) is 0.750. The lowest BCUT2D eigenvalue weighted by molar-refractivity contribution is -0.163. The standard InChI is InChI=1S/C16H25N3O4/c20-16(21)19-7-4-13(5-8-19)15-17-6-9-18(15)10-12-23-14-3-1-2-11-22-14/h6,9,13-14H,1-5,7-8,10-12H2,(H,20,21). The van der Waals surface area contributed by atoms with Crippen LogP contribution in [0.3, 0.4) is 0 Å². The van der Waals surface area contributed by atoms with Gasteiger partial charge in [-0.05, 0) is 32.1 Å². The molecule has 2 saturated heterocycles. The highest BCUT2D eigenvalue weighted by atomic mass is 16.7. The predicted molar refractivity (Wildman–Crippen MR) is 83.3 cm³/mol. The minimum Gasteiger partial charge on any atom is -0.465 e. The number of carbonyl (C=O) groups is 1. The zero-order valence-corrected chi connectivity index (χ0v) is 13.4. The topological polar surface area (TPSA) is 76.8 Å². The Kier molecular flexibility index (Phi) is 5.51. The fourth-order valence-electron chi connectivity index (χ4n) is 3.32. The van der Waals surface area contributed by atoms with Crippen LogP contribution in [0.1, 0.15) is 43.8 Å². The first-order valence-corrected chi connectivity index (χ1v) is 8.46. The third-order valence-electron chi connectivity index (χ3n) is 4.65. The number of hydrogen-bond acceptors (Lipinski definition) is 4. The summed E-state index contributed by atoms with van der Waals surface area (Å²) in [6.45, 7) is 3.33. The van der Waals surface area contributed by atoms with E-state index in [1.807, 2.05) is 12.4 Å². The van der Waals surface area contributed by atoms with Crippen LogP contribution in [-0.4, -0.2) is 58.2 Å². The second-order valence-corrected chi connectivity index (χ2v) is 6.19. The van der Waals surface area contributed by atoms with Crippen molar-refractivity contribution in [3.05, 3.63) is 18.2 Å². The van der Waals surface area contributed by atoms with Crippen LogP contribution < -0.4 is 0 Å². The Hall–Kier alpha value is -1.60. The quantitative estimate of drug-likeness (QED) is 0.899. The fourth-order valence-corrected chi connectivity index (χ4v) is 3.32. The van der Waals surface area contributed by atoms with E-state index >= 15 is 0 Å². The Labute approximate surface area is 136 Å². The molecule has 1 atom stereocenters. The molecule has 0 aliphatic carbocycles. The van der Waals surface area contributed by atoms with Gasteiger partial charge in [-0.2, -0.15) is 0 Å². The maximum Gasteiger partial charge on any atom is 0.407 e. The summed E-state index contributed by atoms with van der Waals surface area (Å²) in [7, 11) is 0. The summed E-state index contributed by atoms with van der Waals surface area (Å²) in [5.41, 5.74) is 0. The van der Waals surface area contributed by atoms with E-state index in [1.165, 1.54) is 11.3 Å². The molecular formula is C16H25N3O4. The number of imidazole rings is 1. The number of nitrogens with zero attached hydrogens (tertiary/aromatic N) is 3. The minimum absolute atomic E-state index is 0.0606. The number of rotatable bonds is 5. The molecule has 3 heterocycles. The lowest BCUT2D eigenvalue weighted by Gasteiger charge is -2.30. The third-order valence-corrected chi connectivity index (χ3v) is 4.65. The first-order chi connectivity index (χ1) is 11.2. The molecular weight excluding hydrogens is 298 g/mol. The van der Waals surface area contributed by atoms with Gasteiger partial charge in [-0.15, -0.1) is 0 Å². The van der Waals surface area contributed by atoms with Gasteiger partial charge in [-0.3, -0.25) is 0 Å². The van der Waals surface area contributed by atoms with Crippen molar-refractivity contribution in [3.63, 3.8) is 0 Å². The molecule has 0 bridgehead atoms. The molecule has 23 heavy (non-hydrogen) atoms. The molecule has 3 rings (SSSR count). The maximum absolute atomic E-state index is 11.0. The van der Waals surface area contributed by atoms with Crippen molar-refractivity contribution in [3.8, 4) is 0 Å². The van der Waals surface area contributed by atoms with Crippen LogP contribution in [0.2, 0.25) is 0 Å². The summed E-state index contributed by atoms with van der Waals surface area (Å²) in [6.07, 6.45) is 7.84. The van der Waals surface area contributed by atoms with Crippen LogP contribution in [0.4, 0.5) is 4.79 Å². The molecule has 7 nitrogen and oxygen atoms in total. The van der Waals surface area contributed by atoms with Crippen molar-refractivity contribution < 1.29 is 19.4 Å². The number of aromatic nitrogens is 2. The van der Waals surface area contributed by atoms with Crippen LogP contribution in [-0.2, 0) is 16.0 Å². The second-order valence-electron chi connectivity index (χ2n) is 6.19. The van der Waals surface area contributed by atoms with E-state index in [2.05, 4.69) is 9.55 Å². The minimum atomic E-state index is -0.826. The lowest BCUT2D eigenvalue weighted by Crippen LogP contribution is -2.37. The molecule has 2 aliphatic heterocycles. The van der Waals surface area contributed by atoms with Gasteiger partial charge in [-0.25, -0.2) is 9.78 Å². The number of carboxylic acid groups (broad SMARTS) is 1. The molecule has 0 saturated carbocycles. The summed E-state index contributed by atoms with van der Waals surface area (Å²) in [5, 5.41) is 9.03. The average Bonchev–Trinajstić information content (AvgIpc) is 3.04. The first kappa shape index (κ1) is 16.3. The molecule has 1 N–H and O–H groups in total. The van der Waals surface area contributed by atoms with Gasteiger partial charge in [0, 0.05) is 44.6 Å². The van der Waals surface area contributed by atoms with E-state index in [-0.39, 0.29) is 6.29 Å². The van der Waals surface area contributed by atoms with E-state index in [9.17, 15) is 4.79 Å². The van der Waals surface area contributed by atoms with Crippen molar-refractivity contribution >= 4 is 6.09 Å². The summed E-state index contributed by atoms with van der Waals surface area (Å²) in [5.74, 6) is 1.37. The number of piperidine rings is 1. The zero-order chi connectivity index (χ0) is 16.1. The van der Waals surface area contributed by atoms with Crippen molar-refractivity contribution in [1.29, 1.82) is 0 Å². The second kappa shape index (κ2) is 7.79. The van der Waals surface area contributed by atoms with E-state index in [0.29, 0.717) is 25.6 Å². The van der Waals surface area contributed by atoms with E-state index < -0.39 is 6.09 Å². The maximum atomic E-state index is 11.0. The van der Waals surface area contributed by atoms with E-state index in [0.717, 1.165) is 44.7 Å². The van der Waals surface area contributed by atoms with Crippen molar-refractivity contribution in [1.82, 2.24) is 14.5 Å². The molecule has 128 valence electrons. The van der Waals surface area contributed by atoms with E-state index in [1.54, 1.807) is 0 Å². The van der Waals surface area contributed by atoms with Crippen LogP contribution in [0, 0.1) is 0 Å². The molecule has 2 fully saturated rings. The van der Waals surface area contributed by atoms with Gasteiger partial charge < -0.3 is 24.0 Å². The SMILES string of the molecule is O=C(O)N1CCC(c2nccn2CCOC2CCCCO2)CC1. The third kappa shape index (κ3) is 4.23. The van der Waals surface area contributed by atoms with Crippen LogP contribution in [0.5, 0.6) is 0 Å². The number of likely N-dealkylation sites (tertiary alicyclic amines) is 1. The highest BCUT2D eigenvalue weighted by molar-refractivity contribution is 5.65. The molecule has 1 unspecified atom stereocenters. The Balaban J connectivity index is 1.48. The number of hydrogen-bond donors (Lipinski definition) is 1. The van der Waals surface area contributed by atoms with E-state index in [4.69, 9.17) is 14.6 Å². The monoisotopic (exact) mass is 323 g/mol. The Morgan fingerprint density at radius 2 is 2.17 bits per heavy atom. The summed E-state index contributed by atoms with van der Waals surface area (Å²) >= 11 is 0. The molecule has 0 spiro atoms. The van der Waals surface area contributed by atoms with Gasteiger partial charge in [0.05, 0.1) is 6.61 Å². The van der Waals surface area contributed by atoms with Gasteiger partial charge in [0.15, 0.2) is 6.29 Å². The van der Waals surface area contributed by atoms with Crippen molar-refractivity contribution in [2.75, 3.05) is 26.3 Å². The van der Waals surface area contributed by atoms with Crippen molar-refractivity contribution in [2.24, 2.45) is 0 Å². The molecule has 1 amide bonds. The molecule has 0 radical (unpaired) electrons. The Morgan fingerprint density at radius 1 is 1.35 bits per heavy atom. The average molecular weight is 323 g/mol. The molecule has 1 aromatic heterocycles. The lowest BCUT2D eigenvalue weighted by atomic mass is 9.96. The van der Waals surface area contributed by atoms with Crippen LogP contribution in [0.15, 0.2) is 12.4 Å². The van der Waals surface area contributed by atoms with Crippen molar-refractivity contribution in [2.45, 2.75) is 50.9 Å². The zero-order valence-electron chi connectivity index (χ0n) is 13.4. The first-order valence-electron chi connectivity index (χ1n) is 8.46. The molecule has 0 aromatic carbocycles. The van der Waals surface area contributed by atoms with Gasteiger partial charge >= 0.3 is 6.09 Å². The van der Waals surface area contributed by atoms with Gasteiger partial charge in [-0.1, -0.05) is 0 Å². The van der Waals surface area contributed by atoms with Gasteiger partial charge in [0.1, 0.15) is 5.82 Å². The highest BCUT2D eigenvalue weighted by Crippen LogP contribution is 2.27. The van der Waals surface area contributed by atoms with Crippen LogP contribution in [0.25, 0.3) is 0 Å². The Morgan fingerprint density at radius 3 is 2.87 bits per heavy atom. The summed E-state index contributed by atoms with van der Waals surface area (Å²) in [6, 6.07) is 0. The molecule has 7 heteroatoms. The normalized spacial score (nSPS) is 23.1. The highest BCUT2D eigenvalue weighted by Gasteiger charge is 2.26. The van der Waals surface area contributed by atoms with Crippen LogP contribution >= 0.6 is 0 Å². The summed E-state index contributed by atoms with van der Waals surface area (Å²) in [4.78, 5) is 16.9. The Bertz CT molecular complexity index is 505. The molecule has 1 aromatic rings. The van der Waals surface area contributed by atoms with Gasteiger partial charge in [0.25, 0.3) is 0 Å². The number of ether oxygens (including phenoxy) is 2. The summed E-state index contributed by atoms with van der Waals surface area (Å²) < 4.78 is 13.5. The molecule has 2 aliphatic rings. The predicted octanol–water partition coefficient (Wildman–Crippen LogP) is 2.28. The smallest absolute Gasteiger partial charge is 0.407 e.